The van der Waals surface area contributed by atoms with E-state index in [2.05, 4.69) is 55.6 Å². The van der Waals surface area contributed by atoms with Gasteiger partial charge in [0.15, 0.2) is 6.04 Å². The number of phosphoric acid groups is 1. The average molecular weight is 856 g/mol. The lowest BCUT2D eigenvalue weighted by Gasteiger charge is -2.18. The van der Waals surface area contributed by atoms with Crippen LogP contribution < -0.4 is 5.32 Å². The topological polar surface area (TPSA) is 169 Å². The van der Waals surface area contributed by atoms with Crippen LogP contribution in [0.2, 0.25) is 0 Å². The third kappa shape index (κ3) is 42.2. The fraction of sp³-hybridized carbons (Fsp3) is 0.809. The molecule has 344 valence electrons. The Balaban J connectivity index is 3.89. The molecule has 12 heteroatoms. The Morgan fingerprint density at radius 2 is 0.932 bits per heavy atom. The molecule has 0 spiro atoms. The average Bonchev–Trinajstić information content (AvgIpc) is 3.21. The number of aliphatic hydroxyl groups excluding tert-OH is 1. The minimum absolute atomic E-state index is 0.137. The van der Waals surface area contributed by atoms with Crippen molar-refractivity contribution in [1.29, 1.82) is 0 Å². The third-order valence-electron chi connectivity index (χ3n) is 10.2. The van der Waals surface area contributed by atoms with Crippen molar-refractivity contribution in [2.75, 3.05) is 19.8 Å². The van der Waals surface area contributed by atoms with Gasteiger partial charge in [-0.3, -0.25) is 18.6 Å². The number of esters is 1. The van der Waals surface area contributed by atoms with E-state index >= 15 is 0 Å². The Bertz CT molecular complexity index is 1140. The first-order valence-corrected chi connectivity index (χ1v) is 25.0. The zero-order valence-electron chi connectivity index (χ0n) is 37.3. The second-order valence-electron chi connectivity index (χ2n) is 15.9. The van der Waals surface area contributed by atoms with Crippen LogP contribution in [0.3, 0.4) is 0 Å². The Morgan fingerprint density at radius 3 is 1.41 bits per heavy atom. The van der Waals surface area contributed by atoms with Gasteiger partial charge in [0.25, 0.3) is 0 Å². The molecule has 0 heterocycles. The highest BCUT2D eigenvalue weighted by molar-refractivity contribution is 7.47. The fourth-order valence-corrected chi connectivity index (χ4v) is 7.23. The molecule has 0 aliphatic carbocycles. The quantitative estimate of drug-likeness (QED) is 0.0200. The minimum atomic E-state index is -4.76. The van der Waals surface area contributed by atoms with E-state index in [0.717, 1.165) is 64.2 Å². The smallest absolute Gasteiger partial charge is 0.472 e. The summed E-state index contributed by atoms with van der Waals surface area (Å²) < 4.78 is 26.9. The maximum Gasteiger partial charge on any atom is 0.472 e. The van der Waals surface area contributed by atoms with Crippen LogP contribution in [-0.2, 0) is 32.7 Å². The maximum absolute atomic E-state index is 12.3. The Kier molecular flexibility index (Phi) is 40.7. The van der Waals surface area contributed by atoms with Gasteiger partial charge in [0.05, 0.1) is 13.2 Å². The second kappa shape index (κ2) is 42.4. The summed E-state index contributed by atoms with van der Waals surface area (Å²) in [6.07, 6.45) is 45.9. The van der Waals surface area contributed by atoms with Crippen molar-refractivity contribution in [3.05, 3.63) is 36.5 Å². The van der Waals surface area contributed by atoms with Crippen LogP contribution in [0.1, 0.15) is 213 Å². The zero-order valence-corrected chi connectivity index (χ0v) is 38.2. The van der Waals surface area contributed by atoms with Crippen LogP contribution >= 0.6 is 7.82 Å². The number of carbonyl (C=O) groups is 3. The fourth-order valence-electron chi connectivity index (χ4n) is 6.46. The molecule has 3 atom stereocenters. The van der Waals surface area contributed by atoms with Gasteiger partial charge >= 0.3 is 19.8 Å². The molecule has 0 radical (unpaired) electrons. The number of unbranched alkanes of at least 4 members (excludes halogenated alkanes) is 24. The maximum atomic E-state index is 12.3. The molecule has 0 aromatic carbocycles. The predicted octanol–water partition coefficient (Wildman–Crippen LogP) is 12.4. The van der Waals surface area contributed by atoms with Crippen molar-refractivity contribution < 1.29 is 47.8 Å². The van der Waals surface area contributed by atoms with Gasteiger partial charge in [-0.25, -0.2) is 9.36 Å². The summed E-state index contributed by atoms with van der Waals surface area (Å²) in [5, 5.41) is 21.9. The van der Waals surface area contributed by atoms with Gasteiger partial charge in [-0.05, 0) is 70.6 Å². The highest BCUT2D eigenvalue weighted by atomic mass is 31.2. The molecule has 0 aliphatic rings. The Hall–Kier alpha value is -2.30. The largest absolute Gasteiger partial charge is 0.480 e. The van der Waals surface area contributed by atoms with Crippen LogP contribution in [0.15, 0.2) is 36.5 Å². The van der Waals surface area contributed by atoms with Crippen LogP contribution in [-0.4, -0.2) is 64.9 Å². The Morgan fingerprint density at radius 1 is 0.542 bits per heavy atom. The lowest BCUT2D eigenvalue weighted by Crippen LogP contribution is -2.43. The molecule has 0 fully saturated rings. The molecular formula is C47H86NO10P. The molecule has 1 amide bonds. The highest BCUT2D eigenvalue weighted by Crippen LogP contribution is 2.43. The first kappa shape index (κ1) is 56.7. The standard InChI is InChI=1S/C47H86NO10P/c1-3-5-7-9-11-13-15-17-19-21-23-24-26-28-30-32-34-36-38-45(50)48-44(47(52)53)42-58-59(54,55)57-41-43(49)40-56-46(51)39-37-35-33-31-29-27-25-22-20-18-16-14-12-10-8-6-4-2/h13,15,18-21,43-44,49H,3-12,14,16-17,22-42H2,1-2H3,(H,48,50)(H,52,53)(H,54,55)/b15-13-,20-18-,21-19-. The van der Waals surface area contributed by atoms with Crippen molar-refractivity contribution in [3.63, 3.8) is 0 Å². The lowest BCUT2D eigenvalue weighted by atomic mass is 10.1. The highest BCUT2D eigenvalue weighted by Gasteiger charge is 2.28. The molecule has 11 nitrogen and oxygen atoms in total. The summed E-state index contributed by atoms with van der Waals surface area (Å²) in [5.74, 6) is -2.38. The molecule has 0 saturated heterocycles. The van der Waals surface area contributed by atoms with Crippen molar-refractivity contribution in [3.8, 4) is 0 Å². The number of allylic oxidation sites excluding steroid dienone is 6. The molecular weight excluding hydrogens is 769 g/mol. The molecule has 59 heavy (non-hydrogen) atoms. The van der Waals surface area contributed by atoms with Crippen molar-refractivity contribution in [2.24, 2.45) is 0 Å². The van der Waals surface area contributed by atoms with E-state index in [0.29, 0.717) is 12.8 Å². The summed E-state index contributed by atoms with van der Waals surface area (Å²) in [4.78, 5) is 46.0. The normalized spacial score (nSPS) is 14.0. The van der Waals surface area contributed by atoms with E-state index in [-0.39, 0.29) is 12.8 Å². The third-order valence-corrected chi connectivity index (χ3v) is 11.1. The zero-order chi connectivity index (χ0) is 43.5. The molecule has 4 N–H and O–H groups in total. The van der Waals surface area contributed by atoms with Gasteiger partial charge in [-0.15, -0.1) is 0 Å². The number of amides is 1. The molecule has 0 aromatic rings. The van der Waals surface area contributed by atoms with Crippen LogP contribution in [0.25, 0.3) is 0 Å². The molecule has 0 aromatic heterocycles. The van der Waals surface area contributed by atoms with Crippen molar-refractivity contribution >= 4 is 25.7 Å². The van der Waals surface area contributed by atoms with Crippen molar-refractivity contribution in [2.45, 2.75) is 225 Å². The van der Waals surface area contributed by atoms with Gasteiger partial charge in [-0.2, -0.15) is 0 Å². The summed E-state index contributed by atoms with van der Waals surface area (Å²) in [7, 11) is -4.76. The molecule has 0 rings (SSSR count). The number of rotatable bonds is 44. The summed E-state index contributed by atoms with van der Waals surface area (Å²) in [5.41, 5.74) is 0. The summed E-state index contributed by atoms with van der Waals surface area (Å²) >= 11 is 0. The first-order chi connectivity index (χ1) is 28.6. The van der Waals surface area contributed by atoms with E-state index in [1.54, 1.807) is 0 Å². The van der Waals surface area contributed by atoms with E-state index in [1.807, 2.05) is 0 Å². The molecule has 0 aliphatic heterocycles. The number of aliphatic carboxylic acids is 1. The molecule has 0 bridgehead atoms. The SMILES string of the molecule is CCCCCC/C=C\C/C=C\CCCCCCCCCC(=O)NC(COP(=O)(O)OCC(O)COC(=O)CCCCCCCCC/C=C\CCCCCCCC)C(=O)O. The van der Waals surface area contributed by atoms with Gasteiger partial charge in [0.2, 0.25) is 5.91 Å². The van der Waals surface area contributed by atoms with Gasteiger partial charge in [0, 0.05) is 12.8 Å². The molecule has 0 saturated carbocycles. The van der Waals surface area contributed by atoms with Gasteiger partial charge in [0.1, 0.15) is 12.7 Å². The van der Waals surface area contributed by atoms with E-state index in [1.165, 1.54) is 109 Å². The van der Waals surface area contributed by atoms with E-state index in [4.69, 9.17) is 13.8 Å². The monoisotopic (exact) mass is 856 g/mol. The number of phosphoric ester groups is 1. The number of hydrogen-bond acceptors (Lipinski definition) is 8. The number of carboxylic acids is 1. The van der Waals surface area contributed by atoms with E-state index in [9.17, 15) is 34.1 Å². The Labute approximate surface area is 359 Å². The summed E-state index contributed by atoms with van der Waals surface area (Å²) in [6.45, 7) is 2.58. The second-order valence-corrected chi connectivity index (χ2v) is 17.4. The van der Waals surface area contributed by atoms with Crippen LogP contribution in [0, 0.1) is 0 Å². The van der Waals surface area contributed by atoms with Gasteiger partial charge < -0.3 is 25.2 Å². The number of carbonyl (C=O) groups excluding carboxylic acids is 2. The van der Waals surface area contributed by atoms with Crippen LogP contribution in [0.4, 0.5) is 0 Å². The number of hydrogen-bond donors (Lipinski definition) is 4. The number of ether oxygens (including phenoxy) is 1. The number of carboxylic acid groups (broad SMARTS) is 1. The number of aliphatic hydroxyl groups is 1. The minimum Gasteiger partial charge on any atom is -0.480 e. The first-order valence-electron chi connectivity index (χ1n) is 23.5. The van der Waals surface area contributed by atoms with Crippen LogP contribution in [0.5, 0.6) is 0 Å². The van der Waals surface area contributed by atoms with Crippen molar-refractivity contribution in [1.82, 2.24) is 5.32 Å². The lowest BCUT2D eigenvalue weighted by molar-refractivity contribution is -0.147. The number of nitrogens with one attached hydrogen (secondary N) is 1. The predicted molar refractivity (Wildman–Crippen MR) is 240 cm³/mol. The summed E-state index contributed by atoms with van der Waals surface area (Å²) in [6, 6.07) is -1.55. The van der Waals surface area contributed by atoms with E-state index < -0.39 is 57.6 Å². The molecule has 3 unspecified atom stereocenters. The van der Waals surface area contributed by atoms with Gasteiger partial charge in [-0.1, -0.05) is 166 Å².